The van der Waals surface area contributed by atoms with Crippen molar-refractivity contribution in [1.29, 1.82) is 0 Å². The lowest BCUT2D eigenvalue weighted by Crippen LogP contribution is -2.45. The van der Waals surface area contributed by atoms with Crippen LogP contribution in [0.1, 0.15) is 35.2 Å². The van der Waals surface area contributed by atoms with Gasteiger partial charge in [-0.25, -0.2) is 9.18 Å². The van der Waals surface area contributed by atoms with E-state index in [0.717, 1.165) is 36.5 Å². The minimum atomic E-state index is -5.13. The van der Waals surface area contributed by atoms with Crippen LogP contribution in [0.3, 0.4) is 0 Å². The highest BCUT2D eigenvalue weighted by Crippen LogP contribution is 2.26. The Hall–Kier alpha value is -4.28. The van der Waals surface area contributed by atoms with E-state index < -0.39 is 30.2 Å². The molecule has 11 heteroatoms. The summed E-state index contributed by atoms with van der Waals surface area (Å²) >= 11 is 0. The van der Waals surface area contributed by atoms with Gasteiger partial charge >= 0.3 is 18.1 Å². The Morgan fingerprint density at radius 1 is 0.949 bits per heavy atom. The molecule has 1 fully saturated rings. The molecule has 3 amide bonds. The Labute approximate surface area is 222 Å². The van der Waals surface area contributed by atoms with Crippen molar-refractivity contribution in [3.8, 4) is 11.1 Å². The molecule has 39 heavy (non-hydrogen) atoms. The van der Waals surface area contributed by atoms with Gasteiger partial charge in [0.1, 0.15) is 5.82 Å². The molecule has 0 unspecified atom stereocenters. The predicted octanol–water partition coefficient (Wildman–Crippen LogP) is 5.36. The first-order valence-electron chi connectivity index (χ1n) is 12.4. The lowest BCUT2D eigenvalue weighted by Gasteiger charge is -2.33. The molecule has 1 aliphatic heterocycles. The summed E-state index contributed by atoms with van der Waals surface area (Å²) in [5.41, 5.74) is 2.26. The molecule has 2 aromatic carbocycles. The SMILES string of the molecule is O=C(CNC(=O)C(F)(F)F)c1ccc(CN(C(=O)N2CCCCC2)c2ccc(-c3cccnc3)cc2)c(F)c1. The van der Waals surface area contributed by atoms with E-state index in [4.69, 9.17) is 0 Å². The number of hydrogen-bond acceptors (Lipinski definition) is 4. The molecule has 0 aliphatic carbocycles. The summed E-state index contributed by atoms with van der Waals surface area (Å²) in [4.78, 5) is 44.0. The maximum absolute atomic E-state index is 15.1. The van der Waals surface area contributed by atoms with Gasteiger partial charge in [0.25, 0.3) is 0 Å². The number of alkyl halides is 3. The van der Waals surface area contributed by atoms with Gasteiger partial charge in [0, 0.05) is 42.3 Å². The van der Waals surface area contributed by atoms with E-state index in [2.05, 4.69) is 4.98 Å². The minimum Gasteiger partial charge on any atom is -0.341 e. The van der Waals surface area contributed by atoms with Crippen LogP contribution in [0.5, 0.6) is 0 Å². The summed E-state index contributed by atoms with van der Waals surface area (Å²) in [6.45, 7) is 0.109. The molecule has 1 N–H and O–H groups in total. The zero-order chi connectivity index (χ0) is 28.0. The zero-order valence-electron chi connectivity index (χ0n) is 20.9. The third kappa shape index (κ3) is 6.98. The van der Waals surface area contributed by atoms with Crippen LogP contribution >= 0.6 is 0 Å². The van der Waals surface area contributed by atoms with Crippen LogP contribution in [-0.4, -0.2) is 53.4 Å². The molecular weight excluding hydrogens is 516 g/mol. The van der Waals surface area contributed by atoms with Gasteiger partial charge in [0.15, 0.2) is 5.78 Å². The number of ketones is 1. The van der Waals surface area contributed by atoms with Crippen molar-refractivity contribution >= 4 is 23.4 Å². The topological polar surface area (TPSA) is 82.6 Å². The van der Waals surface area contributed by atoms with Crippen LogP contribution in [0.25, 0.3) is 11.1 Å². The summed E-state index contributed by atoms with van der Waals surface area (Å²) in [6, 6.07) is 14.1. The van der Waals surface area contributed by atoms with Crippen molar-refractivity contribution in [3.05, 3.63) is 83.9 Å². The second-order valence-corrected chi connectivity index (χ2v) is 9.11. The monoisotopic (exact) mass is 542 g/mol. The second-order valence-electron chi connectivity index (χ2n) is 9.11. The Balaban J connectivity index is 1.55. The Kier molecular flexibility index (Phi) is 8.58. The van der Waals surface area contributed by atoms with Crippen molar-refractivity contribution in [2.75, 3.05) is 24.5 Å². The van der Waals surface area contributed by atoms with Gasteiger partial charge in [-0.2, -0.15) is 13.2 Å². The number of carbonyl (C=O) groups is 3. The standard InChI is InChI=1S/C28H26F4N4O3/c29-24-15-20(25(37)17-34-26(38)28(30,31)32)6-7-22(24)18-36(27(39)35-13-2-1-3-14-35)23-10-8-19(9-11-23)21-5-4-12-33-16-21/h4-12,15-16H,1-3,13-14,17-18H2,(H,34,38). The summed E-state index contributed by atoms with van der Waals surface area (Å²) in [5, 5.41) is 1.48. The summed E-state index contributed by atoms with van der Waals surface area (Å²) < 4.78 is 52.2. The molecule has 0 spiro atoms. The average molecular weight is 543 g/mol. The van der Waals surface area contributed by atoms with E-state index in [1.54, 1.807) is 29.4 Å². The molecule has 204 valence electrons. The Bertz CT molecular complexity index is 1320. The molecule has 0 saturated carbocycles. The van der Waals surface area contributed by atoms with E-state index in [9.17, 15) is 27.6 Å². The number of likely N-dealkylation sites (tertiary alicyclic amines) is 1. The summed E-state index contributed by atoms with van der Waals surface area (Å²) in [5.74, 6) is -3.94. The number of hydrogen-bond donors (Lipinski definition) is 1. The van der Waals surface area contributed by atoms with Gasteiger partial charge in [-0.05, 0) is 54.7 Å². The Morgan fingerprint density at radius 3 is 2.28 bits per heavy atom. The minimum absolute atomic E-state index is 0.118. The number of carbonyl (C=O) groups excluding carboxylic acids is 3. The highest BCUT2D eigenvalue weighted by molar-refractivity contribution is 6.00. The fourth-order valence-corrected chi connectivity index (χ4v) is 4.27. The highest BCUT2D eigenvalue weighted by atomic mass is 19.4. The molecule has 1 aromatic heterocycles. The number of amides is 3. The van der Waals surface area contributed by atoms with Crippen LogP contribution in [0.15, 0.2) is 67.0 Å². The van der Waals surface area contributed by atoms with Crippen LogP contribution in [0.4, 0.5) is 28.0 Å². The lowest BCUT2D eigenvalue weighted by molar-refractivity contribution is -0.173. The molecule has 1 saturated heterocycles. The number of nitrogens with zero attached hydrogens (tertiary/aromatic N) is 3. The normalized spacial score (nSPS) is 13.6. The van der Waals surface area contributed by atoms with Crippen LogP contribution in [0, 0.1) is 5.82 Å². The van der Waals surface area contributed by atoms with E-state index in [-0.39, 0.29) is 23.7 Å². The van der Waals surface area contributed by atoms with E-state index in [1.807, 2.05) is 24.3 Å². The molecule has 4 rings (SSSR count). The number of benzene rings is 2. The van der Waals surface area contributed by atoms with Crippen LogP contribution < -0.4 is 10.2 Å². The third-order valence-corrected chi connectivity index (χ3v) is 6.40. The van der Waals surface area contributed by atoms with Crippen LogP contribution in [0.2, 0.25) is 0 Å². The van der Waals surface area contributed by atoms with Gasteiger partial charge in [0.05, 0.1) is 13.1 Å². The van der Waals surface area contributed by atoms with Crippen molar-refractivity contribution in [1.82, 2.24) is 15.2 Å². The predicted molar refractivity (Wildman–Crippen MR) is 136 cm³/mol. The summed E-state index contributed by atoms with van der Waals surface area (Å²) in [7, 11) is 0. The number of piperidine rings is 1. The molecule has 7 nitrogen and oxygen atoms in total. The molecule has 2 heterocycles. The number of Topliss-reactive ketones (excluding diaryl/α,β-unsaturated/α-hetero) is 1. The zero-order valence-corrected chi connectivity index (χ0v) is 20.9. The van der Waals surface area contributed by atoms with E-state index in [0.29, 0.717) is 18.8 Å². The van der Waals surface area contributed by atoms with Gasteiger partial charge in [0.2, 0.25) is 0 Å². The number of pyridine rings is 1. The van der Waals surface area contributed by atoms with Crippen molar-refractivity contribution < 1.29 is 31.9 Å². The average Bonchev–Trinajstić information content (AvgIpc) is 2.95. The molecular formula is C28H26F4N4O3. The molecule has 0 radical (unpaired) electrons. The van der Waals surface area contributed by atoms with Gasteiger partial charge in [-0.3, -0.25) is 19.5 Å². The highest BCUT2D eigenvalue weighted by Gasteiger charge is 2.38. The molecule has 3 aromatic rings. The first kappa shape index (κ1) is 27.7. The maximum Gasteiger partial charge on any atom is 0.471 e. The van der Waals surface area contributed by atoms with Crippen molar-refractivity contribution in [3.63, 3.8) is 0 Å². The van der Waals surface area contributed by atoms with Crippen molar-refractivity contribution in [2.24, 2.45) is 0 Å². The number of anilines is 1. The second kappa shape index (κ2) is 12.1. The number of nitrogens with one attached hydrogen (secondary N) is 1. The number of urea groups is 1. The maximum atomic E-state index is 15.1. The van der Waals surface area contributed by atoms with Crippen molar-refractivity contribution in [2.45, 2.75) is 32.0 Å². The molecule has 0 atom stereocenters. The lowest BCUT2D eigenvalue weighted by atomic mass is 10.1. The van der Waals surface area contributed by atoms with E-state index in [1.165, 1.54) is 22.3 Å². The fourth-order valence-electron chi connectivity index (χ4n) is 4.27. The van der Waals surface area contributed by atoms with Gasteiger partial charge in [-0.15, -0.1) is 0 Å². The first-order chi connectivity index (χ1) is 18.6. The molecule has 1 aliphatic rings. The number of rotatable bonds is 7. The number of halogens is 4. The molecule has 0 bridgehead atoms. The summed E-state index contributed by atoms with van der Waals surface area (Å²) in [6.07, 6.45) is 1.03. The number of aromatic nitrogens is 1. The van der Waals surface area contributed by atoms with Gasteiger partial charge in [-0.1, -0.05) is 30.3 Å². The van der Waals surface area contributed by atoms with Gasteiger partial charge < -0.3 is 10.2 Å². The fraction of sp³-hybridized carbons (Fsp3) is 0.286. The largest absolute Gasteiger partial charge is 0.471 e. The first-order valence-corrected chi connectivity index (χ1v) is 12.4. The van der Waals surface area contributed by atoms with Crippen LogP contribution in [-0.2, 0) is 11.3 Å². The smallest absolute Gasteiger partial charge is 0.341 e. The third-order valence-electron chi connectivity index (χ3n) is 6.40. The quantitative estimate of drug-likeness (QED) is 0.322. The van der Waals surface area contributed by atoms with E-state index >= 15 is 4.39 Å². The Morgan fingerprint density at radius 2 is 1.67 bits per heavy atom.